The standard InChI is InChI=1S/C24H26N4O4S/c1-15-4-7-20(10-22(15)28(30)31)21-14-33-24(25-21)26-23(29)19-8-5-18(6-9-19)13-27-11-16(2)32-17(3)12-27/h4-10,14,16-17H,11-13H2,1-3H3,(H,25,26,29). The molecule has 4 rings (SSSR count). The minimum atomic E-state index is -0.405. The topological polar surface area (TPSA) is 97.6 Å². The van der Waals surface area contributed by atoms with Gasteiger partial charge < -0.3 is 4.74 Å². The van der Waals surface area contributed by atoms with Gasteiger partial charge in [0.25, 0.3) is 11.6 Å². The third-order valence-corrected chi connectivity index (χ3v) is 6.30. The van der Waals surface area contributed by atoms with Crippen LogP contribution in [0.2, 0.25) is 0 Å². The van der Waals surface area contributed by atoms with Crippen LogP contribution in [0.5, 0.6) is 0 Å². The lowest BCUT2D eigenvalue weighted by atomic mass is 10.1. The Morgan fingerprint density at radius 2 is 1.91 bits per heavy atom. The van der Waals surface area contributed by atoms with Gasteiger partial charge in [-0.3, -0.25) is 25.1 Å². The summed E-state index contributed by atoms with van der Waals surface area (Å²) in [6.07, 6.45) is 0.432. The van der Waals surface area contributed by atoms with E-state index in [0.717, 1.165) is 25.2 Å². The van der Waals surface area contributed by atoms with E-state index in [1.165, 1.54) is 17.4 Å². The van der Waals surface area contributed by atoms with Crippen molar-refractivity contribution >= 4 is 28.1 Å². The second-order valence-corrected chi connectivity index (χ2v) is 9.26. The predicted molar refractivity (Wildman–Crippen MR) is 129 cm³/mol. The minimum absolute atomic E-state index is 0.0483. The summed E-state index contributed by atoms with van der Waals surface area (Å²) in [4.78, 5) is 30.3. The van der Waals surface area contributed by atoms with Crippen LogP contribution in [-0.4, -0.2) is 46.0 Å². The number of nitro benzene ring substituents is 1. The SMILES string of the molecule is Cc1ccc(-c2csc(NC(=O)c3ccc(CN4CC(C)OC(C)C4)cc3)n2)cc1[N+](=O)[O-]. The molecule has 3 aromatic rings. The van der Waals surface area contributed by atoms with Gasteiger partial charge in [-0.1, -0.05) is 24.3 Å². The Morgan fingerprint density at radius 1 is 1.21 bits per heavy atom. The molecule has 2 aromatic carbocycles. The number of morpholine rings is 1. The number of carbonyl (C=O) groups excluding carboxylic acids is 1. The molecule has 0 saturated carbocycles. The van der Waals surface area contributed by atoms with E-state index < -0.39 is 4.92 Å². The molecule has 2 heterocycles. The van der Waals surface area contributed by atoms with Crippen LogP contribution in [-0.2, 0) is 11.3 Å². The van der Waals surface area contributed by atoms with Crippen molar-refractivity contribution in [2.24, 2.45) is 0 Å². The molecular formula is C24H26N4O4S. The maximum absolute atomic E-state index is 12.7. The lowest BCUT2D eigenvalue weighted by Crippen LogP contribution is -2.44. The summed E-state index contributed by atoms with van der Waals surface area (Å²) < 4.78 is 5.78. The van der Waals surface area contributed by atoms with E-state index in [1.54, 1.807) is 24.4 Å². The highest BCUT2D eigenvalue weighted by Gasteiger charge is 2.22. The van der Waals surface area contributed by atoms with Gasteiger partial charge in [-0.15, -0.1) is 11.3 Å². The first-order chi connectivity index (χ1) is 15.8. The molecule has 1 aliphatic heterocycles. The third-order valence-electron chi connectivity index (χ3n) is 5.54. The normalized spacial score (nSPS) is 18.8. The largest absolute Gasteiger partial charge is 0.373 e. The summed E-state index contributed by atoms with van der Waals surface area (Å²) in [6, 6.07) is 12.6. The van der Waals surface area contributed by atoms with Crippen LogP contribution in [0.25, 0.3) is 11.3 Å². The lowest BCUT2D eigenvalue weighted by molar-refractivity contribution is -0.385. The molecule has 2 unspecified atom stereocenters. The fourth-order valence-electron chi connectivity index (χ4n) is 4.03. The number of aryl methyl sites for hydroxylation is 1. The maximum atomic E-state index is 12.7. The number of nitrogens with one attached hydrogen (secondary N) is 1. The van der Waals surface area contributed by atoms with E-state index in [2.05, 4.69) is 29.0 Å². The number of ether oxygens (including phenoxy) is 1. The zero-order valence-electron chi connectivity index (χ0n) is 18.8. The van der Waals surface area contributed by atoms with E-state index >= 15 is 0 Å². The summed E-state index contributed by atoms with van der Waals surface area (Å²) in [5.41, 5.74) is 3.55. The smallest absolute Gasteiger partial charge is 0.272 e. The molecule has 1 aromatic heterocycles. The Hall–Kier alpha value is -3.14. The van der Waals surface area contributed by atoms with E-state index in [9.17, 15) is 14.9 Å². The molecule has 1 saturated heterocycles. The Bertz CT molecular complexity index is 1150. The van der Waals surface area contributed by atoms with Crippen molar-refractivity contribution < 1.29 is 14.5 Å². The van der Waals surface area contributed by atoms with Gasteiger partial charge in [0.05, 0.1) is 22.8 Å². The van der Waals surface area contributed by atoms with Crippen molar-refractivity contribution in [1.82, 2.24) is 9.88 Å². The third kappa shape index (κ3) is 5.62. The number of amides is 1. The average Bonchev–Trinajstić information content (AvgIpc) is 3.22. The first-order valence-electron chi connectivity index (χ1n) is 10.8. The molecule has 172 valence electrons. The summed E-state index contributed by atoms with van der Waals surface area (Å²) >= 11 is 1.28. The zero-order valence-corrected chi connectivity index (χ0v) is 19.6. The summed E-state index contributed by atoms with van der Waals surface area (Å²) in [6.45, 7) is 8.47. The molecule has 8 nitrogen and oxygen atoms in total. The zero-order chi connectivity index (χ0) is 23.5. The molecule has 0 bridgehead atoms. The van der Waals surface area contributed by atoms with Gasteiger partial charge >= 0.3 is 0 Å². The van der Waals surface area contributed by atoms with Gasteiger partial charge in [-0.2, -0.15) is 0 Å². The van der Waals surface area contributed by atoms with Crippen LogP contribution >= 0.6 is 11.3 Å². The van der Waals surface area contributed by atoms with Crippen LogP contribution in [0.3, 0.4) is 0 Å². The number of rotatable bonds is 6. The van der Waals surface area contributed by atoms with Gasteiger partial charge in [-0.05, 0) is 38.5 Å². The number of anilines is 1. The Kier molecular flexibility index (Phi) is 6.83. The molecule has 33 heavy (non-hydrogen) atoms. The van der Waals surface area contributed by atoms with Gasteiger partial charge in [0.15, 0.2) is 5.13 Å². The highest BCUT2D eigenvalue weighted by molar-refractivity contribution is 7.14. The molecule has 2 atom stereocenters. The number of benzene rings is 2. The first kappa shape index (κ1) is 23.0. The molecule has 1 amide bonds. The van der Waals surface area contributed by atoms with Crippen molar-refractivity contribution in [3.63, 3.8) is 0 Å². The molecule has 1 aliphatic rings. The quantitative estimate of drug-likeness (QED) is 0.410. The van der Waals surface area contributed by atoms with Crippen LogP contribution < -0.4 is 5.32 Å². The molecule has 0 spiro atoms. The summed E-state index contributed by atoms with van der Waals surface area (Å²) in [5.74, 6) is -0.244. The molecule has 9 heteroatoms. The number of nitro groups is 1. The van der Waals surface area contributed by atoms with E-state index in [0.29, 0.717) is 27.5 Å². The molecular weight excluding hydrogens is 440 g/mol. The van der Waals surface area contributed by atoms with Gasteiger partial charge in [0, 0.05) is 47.8 Å². The monoisotopic (exact) mass is 466 g/mol. The van der Waals surface area contributed by atoms with Gasteiger partial charge in [0.2, 0.25) is 0 Å². The van der Waals surface area contributed by atoms with Crippen molar-refractivity contribution in [3.8, 4) is 11.3 Å². The number of aromatic nitrogens is 1. The van der Waals surface area contributed by atoms with Crippen molar-refractivity contribution in [2.45, 2.75) is 39.5 Å². The van der Waals surface area contributed by atoms with Crippen molar-refractivity contribution in [3.05, 3.63) is 74.6 Å². The molecule has 0 radical (unpaired) electrons. The number of hydrogen-bond acceptors (Lipinski definition) is 7. The summed E-state index contributed by atoms with van der Waals surface area (Å²) in [7, 11) is 0. The van der Waals surface area contributed by atoms with Crippen molar-refractivity contribution in [1.29, 1.82) is 0 Å². The fourth-order valence-corrected chi connectivity index (χ4v) is 4.75. The second kappa shape index (κ2) is 9.78. The summed E-state index contributed by atoms with van der Waals surface area (Å²) in [5, 5.41) is 16.2. The number of nitrogens with zero attached hydrogens (tertiary/aromatic N) is 3. The Labute approximate surface area is 196 Å². The van der Waals surface area contributed by atoms with Gasteiger partial charge in [0.1, 0.15) is 0 Å². The van der Waals surface area contributed by atoms with Crippen molar-refractivity contribution in [2.75, 3.05) is 18.4 Å². The Balaban J connectivity index is 1.39. The van der Waals surface area contributed by atoms with Crippen LogP contribution in [0, 0.1) is 17.0 Å². The highest BCUT2D eigenvalue weighted by atomic mass is 32.1. The van der Waals surface area contributed by atoms with E-state index in [1.807, 2.05) is 24.3 Å². The van der Waals surface area contributed by atoms with Crippen LogP contribution in [0.1, 0.15) is 35.3 Å². The number of thiazole rings is 1. The molecule has 1 N–H and O–H groups in total. The average molecular weight is 467 g/mol. The minimum Gasteiger partial charge on any atom is -0.373 e. The molecule has 1 fully saturated rings. The molecule has 0 aliphatic carbocycles. The van der Waals surface area contributed by atoms with E-state index in [-0.39, 0.29) is 23.8 Å². The number of carbonyl (C=O) groups is 1. The predicted octanol–water partition coefficient (Wildman–Crippen LogP) is 4.89. The highest BCUT2D eigenvalue weighted by Crippen LogP contribution is 2.29. The van der Waals surface area contributed by atoms with Crippen LogP contribution in [0.15, 0.2) is 47.8 Å². The maximum Gasteiger partial charge on any atom is 0.272 e. The Morgan fingerprint density at radius 3 is 2.58 bits per heavy atom. The second-order valence-electron chi connectivity index (χ2n) is 8.40. The fraction of sp³-hybridized carbons (Fsp3) is 0.333. The van der Waals surface area contributed by atoms with E-state index in [4.69, 9.17) is 4.74 Å². The number of hydrogen-bond donors (Lipinski definition) is 1. The first-order valence-corrected chi connectivity index (χ1v) is 11.7. The van der Waals surface area contributed by atoms with Gasteiger partial charge in [-0.25, -0.2) is 4.98 Å². The van der Waals surface area contributed by atoms with Crippen LogP contribution in [0.4, 0.5) is 10.8 Å². The lowest BCUT2D eigenvalue weighted by Gasteiger charge is -2.35.